The highest BCUT2D eigenvalue weighted by molar-refractivity contribution is 6.26. The van der Waals surface area contributed by atoms with Crippen LogP contribution in [0.25, 0.3) is 88.9 Å². The van der Waals surface area contributed by atoms with Crippen LogP contribution in [0.1, 0.15) is 0 Å². The zero-order chi connectivity index (χ0) is 33.0. The van der Waals surface area contributed by atoms with Crippen molar-refractivity contribution in [3.63, 3.8) is 0 Å². The minimum atomic E-state index is 0.846. The monoisotopic (exact) mass is 638 g/mol. The maximum absolute atomic E-state index is 5.19. The van der Waals surface area contributed by atoms with Crippen molar-refractivity contribution in [3.8, 4) is 45.3 Å². The molecule has 0 aliphatic rings. The summed E-state index contributed by atoms with van der Waals surface area (Å²) >= 11 is 0. The summed E-state index contributed by atoms with van der Waals surface area (Å²) in [5.41, 5.74) is 12.7. The minimum absolute atomic E-state index is 0.846. The first-order valence-electron chi connectivity index (χ1n) is 16.9. The molecule has 4 heterocycles. The SMILES string of the molecule is c1ccc(-c2cccc(-c3cccc(-c4ccc5c(c4)c4c(ccc6c7ccccc7n(-c7ccccc7)c64)n5-c4ccccc4)n3)n2)cc1. The molecule has 4 aromatic heterocycles. The summed E-state index contributed by atoms with van der Waals surface area (Å²) in [4.78, 5) is 10.2. The van der Waals surface area contributed by atoms with Gasteiger partial charge in [0, 0.05) is 44.0 Å². The maximum atomic E-state index is 5.19. The third-order valence-corrected chi connectivity index (χ3v) is 9.72. The van der Waals surface area contributed by atoms with Crippen LogP contribution in [0.15, 0.2) is 182 Å². The molecule has 0 aliphatic carbocycles. The molecule has 10 aromatic rings. The van der Waals surface area contributed by atoms with Crippen molar-refractivity contribution < 1.29 is 0 Å². The zero-order valence-corrected chi connectivity index (χ0v) is 27.1. The van der Waals surface area contributed by atoms with Crippen molar-refractivity contribution in [1.29, 1.82) is 0 Å². The molecule has 0 aliphatic heterocycles. The first-order valence-corrected chi connectivity index (χ1v) is 16.9. The number of benzene rings is 6. The molecule has 0 atom stereocenters. The second-order valence-electron chi connectivity index (χ2n) is 12.6. The van der Waals surface area contributed by atoms with Crippen molar-refractivity contribution in [2.45, 2.75) is 0 Å². The average molecular weight is 639 g/mol. The molecular formula is C46H30N4. The fourth-order valence-corrected chi connectivity index (χ4v) is 7.50. The predicted molar refractivity (Wildman–Crippen MR) is 207 cm³/mol. The Morgan fingerprint density at radius 2 is 0.860 bits per heavy atom. The van der Waals surface area contributed by atoms with Crippen LogP contribution in [-0.4, -0.2) is 19.1 Å². The van der Waals surface area contributed by atoms with Crippen LogP contribution in [-0.2, 0) is 0 Å². The molecule has 0 N–H and O–H groups in total. The quantitative estimate of drug-likeness (QED) is 0.188. The molecule has 50 heavy (non-hydrogen) atoms. The van der Waals surface area contributed by atoms with E-state index in [9.17, 15) is 0 Å². The van der Waals surface area contributed by atoms with Gasteiger partial charge in [-0.3, -0.25) is 0 Å². The van der Waals surface area contributed by atoms with Gasteiger partial charge in [0.2, 0.25) is 0 Å². The van der Waals surface area contributed by atoms with Crippen LogP contribution in [0.3, 0.4) is 0 Å². The van der Waals surface area contributed by atoms with E-state index in [1.807, 2.05) is 30.3 Å². The summed E-state index contributed by atoms with van der Waals surface area (Å²) in [7, 11) is 0. The average Bonchev–Trinajstić information content (AvgIpc) is 3.71. The summed E-state index contributed by atoms with van der Waals surface area (Å²) < 4.78 is 4.82. The lowest BCUT2D eigenvalue weighted by molar-refractivity contribution is 1.17. The number of rotatable bonds is 5. The molecule has 0 radical (unpaired) electrons. The van der Waals surface area contributed by atoms with Gasteiger partial charge in [-0.1, -0.05) is 109 Å². The molecule has 0 spiro atoms. The topological polar surface area (TPSA) is 35.6 Å². The van der Waals surface area contributed by atoms with Gasteiger partial charge >= 0.3 is 0 Å². The van der Waals surface area contributed by atoms with Crippen LogP contribution in [0, 0.1) is 0 Å². The number of pyridine rings is 2. The number of hydrogen-bond donors (Lipinski definition) is 0. The first kappa shape index (κ1) is 28.3. The van der Waals surface area contributed by atoms with Gasteiger partial charge in [0.25, 0.3) is 0 Å². The van der Waals surface area contributed by atoms with Gasteiger partial charge < -0.3 is 9.13 Å². The van der Waals surface area contributed by atoms with E-state index in [2.05, 4.69) is 161 Å². The fourth-order valence-electron chi connectivity index (χ4n) is 7.50. The fraction of sp³-hybridized carbons (Fsp3) is 0. The van der Waals surface area contributed by atoms with Gasteiger partial charge in [-0.2, -0.15) is 0 Å². The van der Waals surface area contributed by atoms with Crippen LogP contribution < -0.4 is 0 Å². The van der Waals surface area contributed by atoms with Crippen LogP contribution in [0.4, 0.5) is 0 Å². The van der Waals surface area contributed by atoms with E-state index in [4.69, 9.17) is 9.97 Å². The Bertz CT molecular complexity index is 2850. The number of hydrogen-bond acceptors (Lipinski definition) is 2. The standard InChI is InChI=1S/C46H30N4/c1-4-14-31(15-5-1)38-21-12-23-40(47-38)41-24-13-22-39(48-41)32-26-28-43-37(30-32)45-44(49(43)33-16-6-2-7-17-33)29-27-36-35-20-10-11-25-42(35)50(46(36)45)34-18-8-3-9-19-34/h1-30H. The highest BCUT2D eigenvalue weighted by Crippen LogP contribution is 2.43. The van der Waals surface area contributed by atoms with E-state index < -0.39 is 0 Å². The summed E-state index contributed by atoms with van der Waals surface area (Å²) in [5, 5.41) is 4.88. The highest BCUT2D eigenvalue weighted by Gasteiger charge is 2.21. The summed E-state index contributed by atoms with van der Waals surface area (Å²) in [6.07, 6.45) is 0. The van der Waals surface area contributed by atoms with E-state index in [-0.39, 0.29) is 0 Å². The third kappa shape index (κ3) is 4.46. The Morgan fingerprint density at radius 3 is 1.56 bits per heavy atom. The molecule has 0 fully saturated rings. The van der Waals surface area contributed by atoms with Crippen molar-refractivity contribution in [1.82, 2.24) is 19.1 Å². The lowest BCUT2D eigenvalue weighted by atomic mass is 10.0. The number of para-hydroxylation sites is 3. The Morgan fingerprint density at radius 1 is 0.320 bits per heavy atom. The van der Waals surface area contributed by atoms with E-state index in [1.54, 1.807) is 0 Å². The maximum Gasteiger partial charge on any atom is 0.0893 e. The normalized spacial score (nSPS) is 11.6. The second-order valence-corrected chi connectivity index (χ2v) is 12.6. The van der Waals surface area contributed by atoms with E-state index in [0.29, 0.717) is 0 Å². The minimum Gasteiger partial charge on any atom is -0.309 e. The molecule has 0 unspecified atom stereocenters. The number of aromatic nitrogens is 4. The Labute approximate surface area is 289 Å². The molecule has 0 amide bonds. The van der Waals surface area contributed by atoms with Gasteiger partial charge in [0.05, 0.1) is 44.8 Å². The summed E-state index contributed by atoms with van der Waals surface area (Å²) in [5.74, 6) is 0. The van der Waals surface area contributed by atoms with Crippen molar-refractivity contribution in [2.24, 2.45) is 0 Å². The molecule has 10 rings (SSSR count). The lowest BCUT2D eigenvalue weighted by Crippen LogP contribution is -1.95. The lowest BCUT2D eigenvalue weighted by Gasteiger charge is -2.09. The molecule has 6 aromatic carbocycles. The molecular weight excluding hydrogens is 609 g/mol. The molecule has 0 saturated carbocycles. The molecule has 0 saturated heterocycles. The summed E-state index contributed by atoms with van der Waals surface area (Å²) in [6, 6.07) is 64.1. The Balaban J connectivity index is 1.24. The third-order valence-electron chi connectivity index (χ3n) is 9.72. The van der Waals surface area contributed by atoms with Crippen LogP contribution in [0.2, 0.25) is 0 Å². The second kappa shape index (κ2) is 11.4. The van der Waals surface area contributed by atoms with Crippen molar-refractivity contribution >= 4 is 43.6 Å². The van der Waals surface area contributed by atoms with E-state index in [0.717, 1.165) is 50.8 Å². The van der Waals surface area contributed by atoms with Crippen LogP contribution in [0.5, 0.6) is 0 Å². The predicted octanol–water partition coefficient (Wildman–Crippen LogP) is 11.7. The Hall–Kier alpha value is -6.78. The van der Waals surface area contributed by atoms with Gasteiger partial charge in [0.1, 0.15) is 0 Å². The van der Waals surface area contributed by atoms with Crippen molar-refractivity contribution in [3.05, 3.63) is 182 Å². The van der Waals surface area contributed by atoms with E-state index in [1.165, 1.54) is 38.1 Å². The van der Waals surface area contributed by atoms with Gasteiger partial charge in [-0.15, -0.1) is 0 Å². The molecule has 4 nitrogen and oxygen atoms in total. The molecule has 4 heteroatoms. The zero-order valence-electron chi connectivity index (χ0n) is 27.1. The number of nitrogens with zero attached hydrogens (tertiary/aromatic N) is 4. The number of fused-ring (bicyclic) bond motifs is 7. The van der Waals surface area contributed by atoms with Crippen LogP contribution >= 0.6 is 0 Å². The smallest absolute Gasteiger partial charge is 0.0893 e. The van der Waals surface area contributed by atoms with Crippen molar-refractivity contribution in [2.75, 3.05) is 0 Å². The molecule has 234 valence electrons. The summed E-state index contributed by atoms with van der Waals surface area (Å²) in [6.45, 7) is 0. The Kier molecular flexibility index (Phi) is 6.46. The molecule has 0 bridgehead atoms. The first-order chi connectivity index (χ1) is 24.8. The van der Waals surface area contributed by atoms with E-state index >= 15 is 0 Å². The highest BCUT2D eigenvalue weighted by atomic mass is 15.0. The largest absolute Gasteiger partial charge is 0.309 e. The van der Waals surface area contributed by atoms with Gasteiger partial charge in [0.15, 0.2) is 0 Å². The van der Waals surface area contributed by atoms with Gasteiger partial charge in [-0.05, 0) is 72.8 Å². The van der Waals surface area contributed by atoms with Gasteiger partial charge in [-0.25, -0.2) is 9.97 Å².